The van der Waals surface area contributed by atoms with Gasteiger partial charge >= 0.3 is 6.61 Å². The van der Waals surface area contributed by atoms with Gasteiger partial charge in [0.05, 0.1) is 5.69 Å². The molecule has 0 saturated carbocycles. The summed E-state index contributed by atoms with van der Waals surface area (Å²) >= 11 is 1.30. The number of aromatic nitrogens is 2. The Labute approximate surface area is 152 Å². The van der Waals surface area contributed by atoms with Gasteiger partial charge in [-0.2, -0.15) is 8.78 Å². The molecule has 3 aromatic rings. The van der Waals surface area contributed by atoms with E-state index in [2.05, 4.69) is 20.0 Å². The van der Waals surface area contributed by atoms with Crippen molar-refractivity contribution >= 4 is 28.5 Å². The normalized spacial score (nSPS) is 11.0. The molecule has 0 aliphatic rings. The number of ether oxygens (including phenoxy) is 1. The van der Waals surface area contributed by atoms with Crippen molar-refractivity contribution < 1.29 is 18.3 Å². The molecule has 0 aliphatic carbocycles. The zero-order valence-electron chi connectivity index (χ0n) is 13.3. The lowest BCUT2D eigenvalue weighted by Gasteiger charge is -2.03. The molecule has 8 heteroatoms. The Morgan fingerprint density at radius 2 is 1.96 bits per heavy atom. The predicted molar refractivity (Wildman–Crippen MR) is 96.1 cm³/mol. The standard InChI is InChI=1S/C18H13F2N3O2S/c19-17(20)25-13-7-4-12(5-8-13)6-9-16(24)23-18-22-15(11-26-18)14-3-1-2-10-21-14/h1-11,17H,(H,22,23,24)/b9-6+. The smallest absolute Gasteiger partial charge is 0.387 e. The van der Waals surface area contributed by atoms with Gasteiger partial charge < -0.3 is 4.74 Å². The molecule has 2 heterocycles. The third-order valence-electron chi connectivity index (χ3n) is 3.19. The van der Waals surface area contributed by atoms with E-state index in [4.69, 9.17) is 0 Å². The largest absolute Gasteiger partial charge is 0.435 e. The summed E-state index contributed by atoms with van der Waals surface area (Å²) in [5.41, 5.74) is 2.09. The van der Waals surface area contributed by atoms with Gasteiger partial charge in [-0.25, -0.2) is 4.98 Å². The van der Waals surface area contributed by atoms with Crippen molar-refractivity contribution in [2.24, 2.45) is 0 Å². The number of thiazole rings is 1. The Bertz CT molecular complexity index is 896. The monoisotopic (exact) mass is 373 g/mol. The number of amides is 1. The predicted octanol–water partition coefficient (Wildman–Crippen LogP) is 4.46. The van der Waals surface area contributed by atoms with Crippen LogP contribution in [-0.4, -0.2) is 22.5 Å². The Balaban J connectivity index is 1.59. The van der Waals surface area contributed by atoms with Gasteiger partial charge in [0.15, 0.2) is 5.13 Å². The minimum Gasteiger partial charge on any atom is -0.435 e. The number of anilines is 1. The molecule has 1 aromatic carbocycles. The van der Waals surface area contributed by atoms with Crippen molar-refractivity contribution in [2.45, 2.75) is 6.61 Å². The first kappa shape index (κ1) is 17.7. The van der Waals surface area contributed by atoms with Crippen molar-refractivity contribution in [3.63, 3.8) is 0 Å². The van der Waals surface area contributed by atoms with Gasteiger partial charge in [-0.15, -0.1) is 11.3 Å². The molecular weight excluding hydrogens is 360 g/mol. The quantitative estimate of drug-likeness (QED) is 0.648. The van der Waals surface area contributed by atoms with E-state index in [9.17, 15) is 13.6 Å². The number of carbonyl (C=O) groups excluding carboxylic acids is 1. The van der Waals surface area contributed by atoms with Crippen LogP contribution in [0.15, 0.2) is 60.1 Å². The van der Waals surface area contributed by atoms with Crippen LogP contribution in [0.4, 0.5) is 13.9 Å². The molecule has 26 heavy (non-hydrogen) atoms. The molecule has 0 unspecified atom stereocenters. The number of rotatable bonds is 6. The molecule has 5 nitrogen and oxygen atoms in total. The van der Waals surface area contributed by atoms with Crippen LogP contribution in [0.5, 0.6) is 5.75 Å². The first-order valence-electron chi connectivity index (χ1n) is 7.51. The topological polar surface area (TPSA) is 64.1 Å². The molecule has 1 amide bonds. The fourth-order valence-corrected chi connectivity index (χ4v) is 2.75. The summed E-state index contributed by atoms with van der Waals surface area (Å²) in [4.78, 5) is 20.5. The van der Waals surface area contributed by atoms with Crippen LogP contribution in [0.1, 0.15) is 5.56 Å². The molecule has 0 aliphatic heterocycles. The summed E-state index contributed by atoms with van der Waals surface area (Å²) in [5.74, 6) is -0.286. The number of benzene rings is 1. The maximum absolute atomic E-state index is 12.1. The summed E-state index contributed by atoms with van der Waals surface area (Å²) in [6, 6.07) is 11.5. The van der Waals surface area contributed by atoms with Gasteiger partial charge in [0.25, 0.3) is 0 Å². The zero-order valence-corrected chi connectivity index (χ0v) is 14.1. The zero-order chi connectivity index (χ0) is 18.4. The van der Waals surface area contributed by atoms with Crippen molar-refractivity contribution in [1.29, 1.82) is 0 Å². The molecule has 0 bridgehead atoms. The van der Waals surface area contributed by atoms with Crippen molar-refractivity contribution in [2.75, 3.05) is 5.32 Å². The Morgan fingerprint density at radius 1 is 1.15 bits per heavy atom. The van der Waals surface area contributed by atoms with E-state index in [1.54, 1.807) is 24.4 Å². The average molecular weight is 373 g/mol. The number of hydrogen-bond acceptors (Lipinski definition) is 5. The fourth-order valence-electron chi connectivity index (χ4n) is 2.04. The molecule has 0 atom stereocenters. The Kier molecular flexibility index (Phi) is 5.65. The number of nitrogens with one attached hydrogen (secondary N) is 1. The summed E-state index contributed by atoms with van der Waals surface area (Å²) in [5, 5.41) is 4.94. The Morgan fingerprint density at radius 3 is 2.65 bits per heavy atom. The van der Waals surface area contributed by atoms with Crippen LogP contribution in [0.3, 0.4) is 0 Å². The highest BCUT2D eigenvalue weighted by atomic mass is 32.1. The summed E-state index contributed by atoms with van der Waals surface area (Å²) in [6.07, 6.45) is 4.58. The number of nitrogens with zero attached hydrogens (tertiary/aromatic N) is 2. The molecular formula is C18H13F2N3O2S. The van der Waals surface area contributed by atoms with Crippen LogP contribution < -0.4 is 10.1 Å². The van der Waals surface area contributed by atoms with Gasteiger partial charge in [0.1, 0.15) is 11.4 Å². The van der Waals surface area contributed by atoms with Gasteiger partial charge in [0, 0.05) is 17.7 Å². The van der Waals surface area contributed by atoms with Crippen LogP contribution in [0, 0.1) is 0 Å². The van der Waals surface area contributed by atoms with E-state index in [1.165, 1.54) is 29.5 Å². The third-order valence-corrected chi connectivity index (χ3v) is 3.95. The van der Waals surface area contributed by atoms with Gasteiger partial charge in [-0.1, -0.05) is 18.2 Å². The Hall–Kier alpha value is -3.13. The summed E-state index contributed by atoms with van der Waals surface area (Å²) < 4.78 is 28.5. The SMILES string of the molecule is O=C(/C=C/c1ccc(OC(F)F)cc1)Nc1nc(-c2ccccn2)cs1. The summed E-state index contributed by atoms with van der Waals surface area (Å²) in [6.45, 7) is -2.86. The lowest BCUT2D eigenvalue weighted by molar-refractivity contribution is -0.111. The highest BCUT2D eigenvalue weighted by Gasteiger charge is 2.07. The lowest BCUT2D eigenvalue weighted by atomic mass is 10.2. The van der Waals surface area contributed by atoms with Gasteiger partial charge in [0.2, 0.25) is 5.91 Å². The molecule has 0 spiro atoms. The third kappa shape index (κ3) is 4.93. The second-order valence-corrected chi connectivity index (χ2v) is 5.88. The van der Waals surface area contributed by atoms with E-state index in [-0.39, 0.29) is 11.7 Å². The summed E-state index contributed by atoms with van der Waals surface area (Å²) in [7, 11) is 0. The maximum atomic E-state index is 12.1. The minimum absolute atomic E-state index is 0.0615. The van der Waals surface area contributed by atoms with E-state index in [0.717, 1.165) is 5.69 Å². The van der Waals surface area contributed by atoms with E-state index in [1.807, 2.05) is 23.6 Å². The first-order valence-corrected chi connectivity index (χ1v) is 8.39. The van der Waals surface area contributed by atoms with Crippen molar-refractivity contribution in [1.82, 2.24) is 9.97 Å². The van der Waals surface area contributed by atoms with E-state index in [0.29, 0.717) is 16.4 Å². The van der Waals surface area contributed by atoms with Crippen molar-refractivity contribution in [3.05, 3.63) is 65.7 Å². The number of pyridine rings is 1. The van der Waals surface area contributed by atoms with E-state index < -0.39 is 6.61 Å². The molecule has 2 aromatic heterocycles. The number of halogens is 2. The highest BCUT2D eigenvalue weighted by molar-refractivity contribution is 7.14. The fraction of sp³-hybridized carbons (Fsp3) is 0.0556. The number of hydrogen-bond donors (Lipinski definition) is 1. The van der Waals surface area contributed by atoms with Crippen LogP contribution in [-0.2, 0) is 4.79 Å². The molecule has 0 radical (unpaired) electrons. The molecule has 132 valence electrons. The second kappa shape index (κ2) is 8.30. The average Bonchev–Trinajstić information content (AvgIpc) is 3.10. The van der Waals surface area contributed by atoms with Gasteiger partial charge in [-0.05, 0) is 35.9 Å². The molecule has 0 saturated heterocycles. The first-order chi connectivity index (χ1) is 12.6. The lowest BCUT2D eigenvalue weighted by Crippen LogP contribution is -2.07. The van der Waals surface area contributed by atoms with Crippen molar-refractivity contribution in [3.8, 4) is 17.1 Å². The second-order valence-electron chi connectivity index (χ2n) is 5.02. The maximum Gasteiger partial charge on any atom is 0.387 e. The number of alkyl halides is 2. The minimum atomic E-state index is -2.86. The van der Waals surface area contributed by atoms with E-state index >= 15 is 0 Å². The van der Waals surface area contributed by atoms with Crippen LogP contribution in [0.25, 0.3) is 17.5 Å². The highest BCUT2D eigenvalue weighted by Crippen LogP contribution is 2.23. The molecule has 1 N–H and O–H groups in total. The molecule has 0 fully saturated rings. The van der Waals surface area contributed by atoms with Crippen LogP contribution in [0.2, 0.25) is 0 Å². The van der Waals surface area contributed by atoms with Crippen LogP contribution >= 0.6 is 11.3 Å². The van der Waals surface area contributed by atoms with Gasteiger partial charge in [-0.3, -0.25) is 15.1 Å². The molecule has 3 rings (SSSR count). The number of carbonyl (C=O) groups is 1.